The molecular weight excluding hydrogens is 326 g/mol. The van der Waals surface area contributed by atoms with Crippen molar-refractivity contribution in [1.29, 1.82) is 0 Å². The summed E-state index contributed by atoms with van der Waals surface area (Å²) in [5.41, 5.74) is 1.09. The van der Waals surface area contributed by atoms with Crippen molar-refractivity contribution in [2.24, 2.45) is 0 Å². The van der Waals surface area contributed by atoms with E-state index in [1.54, 1.807) is 6.92 Å². The van der Waals surface area contributed by atoms with E-state index in [0.29, 0.717) is 5.02 Å². The fraction of sp³-hybridized carbons (Fsp3) is 0.556. The molecule has 0 spiro atoms. The van der Waals surface area contributed by atoms with Crippen LogP contribution in [-0.2, 0) is 4.79 Å². The Morgan fingerprint density at radius 1 is 1.12 bits per heavy atom. The average Bonchev–Trinajstić information content (AvgIpc) is 2.56. The normalized spacial score (nSPS) is 17.8. The Hall–Kier alpha value is -1.59. The first-order chi connectivity index (χ1) is 11.5. The quantitative estimate of drug-likeness (QED) is 0.761. The Morgan fingerprint density at radius 3 is 2.38 bits per heavy atom. The molecular formula is C18H27ClN3O2+. The molecule has 132 valence electrons. The number of carbonyl (C=O) groups excluding carboxylic acids is 2. The van der Waals surface area contributed by atoms with Crippen LogP contribution in [0.2, 0.25) is 5.02 Å². The van der Waals surface area contributed by atoms with Crippen LogP contribution in [0.25, 0.3) is 0 Å². The van der Waals surface area contributed by atoms with Gasteiger partial charge in [0.1, 0.15) is 6.04 Å². The Labute approximate surface area is 148 Å². The van der Waals surface area contributed by atoms with Gasteiger partial charge in [0.25, 0.3) is 5.91 Å². The van der Waals surface area contributed by atoms with E-state index in [1.165, 1.54) is 6.42 Å². The summed E-state index contributed by atoms with van der Waals surface area (Å²) in [6.45, 7) is 3.82. The summed E-state index contributed by atoms with van der Waals surface area (Å²) in [7, 11) is 0. The minimum atomic E-state index is -0.383. The number of nitrogens with two attached hydrogens (primary N) is 1. The lowest BCUT2D eigenvalue weighted by atomic mass is 9.96. The molecule has 3 amide bonds. The second-order valence-electron chi connectivity index (χ2n) is 6.62. The largest absolute Gasteiger partial charge is 0.335 e. The van der Waals surface area contributed by atoms with Crippen molar-refractivity contribution in [3.8, 4) is 0 Å². The molecule has 0 aliphatic heterocycles. The van der Waals surface area contributed by atoms with Gasteiger partial charge in [0.05, 0.1) is 0 Å². The highest BCUT2D eigenvalue weighted by molar-refractivity contribution is 6.30. The molecule has 5 nitrogen and oxygen atoms in total. The third-order valence-electron chi connectivity index (χ3n) is 4.56. The van der Waals surface area contributed by atoms with Crippen LogP contribution in [0, 0.1) is 0 Å². The minimum absolute atomic E-state index is 0.101. The molecule has 1 fully saturated rings. The average molecular weight is 353 g/mol. The maximum absolute atomic E-state index is 12.2. The predicted molar refractivity (Wildman–Crippen MR) is 94.8 cm³/mol. The molecule has 1 aromatic carbocycles. The van der Waals surface area contributed by atoms with E-state index in [1.807, 2.05) is 36.5 Å². The maximum Gasteiger partial charge on any atom is 0.321 e. The van der Waals surface area contributed by atoms with Crippen LogP contribution < -0.4 is 16.0 Å². The number of carbonyl (C=O) groups is 2. The number of amides is 3. The number of benzene rings is 1. The summed E-state index contributed by atoms with van der Waals surface area (Å²) in [5.74, 6) is -0.274. The van der Waals surface area contributed by atoms with Crippen LogP contribution in [0.3, 0.4) is 0 Å². The summed E-state index contributed by atoms with van der Waals surface area (Å²) in [4.78, 5) is 24.1. The number of imide groups is 1. The molecule has 0 bridgehead atoms. The number of halogens is 1. The molecule has 2 atom stereocenters. The molecule has 1 aliphatic rings. The number of hydrogen-bond donors (Lipinski definition) is 3. The van der Waals surface area contributed by atoms with Crippen molar-refractivity contribution in [2.75, 3.05) is 0 Å². The molecule has 0 saturated heterocycles. The van der Waals surface area contributed by atoms with Gasteiger partial charge in [-0.25, -0.2) is 4.79 Å². The van der Waals surface area contributed by atoms with Gasteiger partial charge in [0, 0.05) is 16.6 Å². The lowest BCUT2D eigenvalue weighted by Gasteiger charge is -2.23. The first-order valence-corrected chi connectivity index (χ1v) is 9.05. The lowest BCUT2D eigenvalue weighted by Crippen LogP contribution is -2.92. The molecule has 2 rings (SSSR count). The van der Waals surface area contributed by atoms with Gasteiger partial charge in [-0.2, -0.15) is 0 Å². The fourth-order valence-corrected chi connectivity index (χ4v) is 3.22. The molecule has 6 heteroatoms. The van der Waals surface area contributed by atoms with Crippen LogP contribution in [0.4, 0.5) is 4.79 Å². The first-order valence-electron chi connectivity index (χ1n) is 8.67. The van der Waals surface area contributed by atoms with Crippen LogP contribution in [0.1, 0.15) is 57.6 Å². The zero-order chi connectivity index (χ0) is 17.5. The molecule has 1 aromatic rings. The third-order valence-corrected chi connectivity index (χ3v) is 4.82. The van der Waals surface area contributed by atoms with Gasteiger partial charge in [-0.15, -0.1) is 0 Å². The molecule has 24 heavy (non-hydrogen) atoms. The van der Waals surface area contributed by atoms with Gasteiger partial charge in [-0.3, -0.25) is 10.1 Å². The lowest BCUT2D eigenvalue weighted by molar-refractivity contribution is -0.710. The van der Waals surface area contributed by atoms with Crippen molar-refractivity contribution in [3.05, 3.63) is 34.9 Å². The second-order valence-corrected chi connectivity index (χ2v) is 7.06. The first kappa shape index (κ1) is 18.7. The maximum atomic E-state index is 12.2. The summed E-state index contributed by atoms with van der Waals surface area (Å²) in [5, 5.41) is 7.98. The van der Waals surface area contributed by atoms with Crippen molar-refractivity contribution in [1.82, 2.24) is 10.6 Å². The summed E-state index contributed by atoms with van der Waals surface area (Å²) < 4.78 is 0. The van der Waals surface area contributed by atoms with Gasteiger partial charge in [-0.05, 0) is 38.8 Å². The van der Waals surface area contributed by atoms with Gasteiger partial charge >= 0.3 is 6.03 Å². The van der Waals surface area contributed by atoms with E-state index < -0.39 is 0 Å². The smallest absolute Gasteiger partial charge is 0.321 e. The van der Waals surface area contributed by atoms with Crippen LogP contribution in [-0.4, -0.2) is 24.0 Å². The van der Waals surface area contributed by atoms with E-state index in [0.717, 1.165) is 31.2 Å². The Kier molecular flexibility index (Phi) is 7.06. The monoisotopic (exact) mass is 352 g/mol. The van der Waals surface area contributed by atoms with Gasteiger partial charge in [0.2, 0.25) is 0 Å². The zero-order valence-corrected chi connectivity index (χ0v) is 15.1. The molecule has 1 saturated carbocycles. The standard InChI is InChI=1S/C18H26ClN3O2/c1-12(14-8-10-15(19)11-9-14)20-13(2)17(23)22-18(24)21-16-6-4-3-5-7-16/h8-13,16,20H,3-7H2,1-2H3,(H2,21,22,23,24)/p+1/t12-,13+/m1/s1. The summed E-state index contributed by atoms with van der Waals surface area (Å²) in [6.07, 6.45) is 5.50. The van der Waals surface area contributed by atoms with E-state index in [4.69, 9.17) is 11.6 Å². The van der Waals surface area contributed by atoms with E-state index in [2.05, 4.69) is 10.6 Å². The number of rotatable bonds is 5. The van der Waals surface area contributed by atoms with Crippen LogP contribution >= 0.6 is 11.6 Å². The van der Waals surface area contributed by atoms with Crippen molar-refractivity contribution in [3.63, 3.8) is 0 Å². The topological polar surface area (TPSA) is 74.8 Å². The zero-order valence-electron chi connectivity index (χ0n) is 14.3. The number of hydrogen-bond acceptors (Lipinski definition) is 2. The van der Waals surface area contributed by atoms with Crippen molar-refractivity contribution < 1.29 is 14.9 Å². The molecule has 4 N–H and O–H groups in total. The molecule has 0 aromatic heterocycles. The SMILES string of the molecule is C[C@H]([NH2+][C@H](C)c1ccc(Cl)cc1)C(=O)NC(=O)NC1CCCCC1. The Bertz CT molecular complexity index is 556. The van der Waals surface area contributed by atoms with Gasteiger partial charge in [0.15, 0.2) is 6.04 Å². The number of nitrogens with one attached hydrogen (secondary N) is 2. The van der Waals surface area contributed by atoms with Crippen LogP contribution in [0.5, 0.6) is 0 Å². The molecule has 1 aliphatic carbocycles. The van der Waals surface area contributed by atoms with E-state index in [-0.39, 0.29) is 30.1 Å². The van der Waals surface area contributed by atoms with E-state index >= 15 is 0 Å². The van der Waals surface area contributed by atoms with Crippen molar-refractivity contribution in [2.45, 2.75) is 64.1 Å². The van der Waals surface area contributed by atoms with Crippen molar-refractivity contribution >= 4 is 23.5 Å². The second kappa shape index (κ2) is 9.04. The van der Waals surface area contributed by atoms with Gasteiger partial charge < -0.3 is 10.6 Å². The fourth-order valence-electron chi connectivity index (χ4n) is 3.09. The highest BCUT2D eigenvalue weighted by atomic mass is 35.5. The highest BCUT2D eigenvalue weighted by Gasteiger charge is 2.23. The highest BCUT2D eigenvalue weighted by Crippen LogP contribution is 2.17. The number of quaternary nitrogens is 1. The van der Waals surface area contributed by atoms with Gasteiger partial charge in [-0.1, -0.05) is 43.0 Å². The number of urea groups is 1. The molecule has 0 radical (unpaired) electrons. The third kappa shape index (κ3) is 5.80. The summed E-state index contributed by atoms with van der Waals surface area (Å²) in [6, 6.07) is 7.13. The minimum Gasteiger partial charge on any atom is -0.335 e. The molecule has 0 heterocycles. The summed E-state index contributed by atoms with van der Waals surface area (Å²) >= 11 is 5.89. The Morgan fingerprint density at radius 2 is 1.75 bits per heavy atom. The Balaban J connectivity index is 1.78. The molecule has 0 unspecified atom stereocenters. The predicted octanol–water partition coefficient (Wildman–Crippen LogP) is 2.51. The van der Waals surface area contributed by atoms with Crippen LogP contribution in [0.15, 0.2) is 24.3 Å². The van der Waals surface area contributed by atoms with E-state index in [9.17, 15) is 9.59 Å².